The van der Waals surface area contributed by atoms with E-state index < -0.39 is 11.8 Å². The number of carboxylic acids is 1. The van der Waals surface area contributed by atoms with Crippen LogP contribution in [-0.2, 0) is 6.54 Å². The molecule has 5 nitrogen and oxygen atoms in total. The van der Waals surface area contributed by atoms with Gasteiger partial charge < -0.3 is 5.11 Å². The third-order valence-electron chi connectivity index (χ3n) is 3.62. The van der Waals surface area contributed by atoms with E-state index in [1.54, 1.807) is 6.07 Å². The highest BCUT2D eigenvalue weighted by Gasteiger charge is 2.21. The van der Waals surface area contributed by atoms with E-state index in [2.05, 4.69) is 10.3 Å². The molecule has 0 bridgehead atoms. The molecule has 3 aromatic rings. The van der Waals surface area contributed by atoms with Crippen LogP contribution in [0, 0.1) is 12.7 Å². The predicted octanol–water partition coefficient (Wildman–Crippen LogP) is 3.14. The van der Waals surface area contributed by atoms with Crippen molar-refractivity contribution < 1.29 is 14.3 Å². The fraction of sp³-hybridized carbons (Fsp3) is 0.118. The number of rotatable bonds is 4. The van der Waals surface area contributed by atoms with Gasteiger partial charge in [0.05, 0.1) is 6.54 Å². The molecule has 0 aliphatic heterocycles. The Morgan fingerprint density at radius 2 is 2.00 bits per heavy atom. The van der Waals surface area contributed by atoms with Crippen molar-refractivity contribution in [1.82, 2.24) is 15.0 Å². The number of carboxylic acid groups (broad SMARTS) is 1. The van der Waals surface area contributed by atoms with E-state index in [1.165, 1.54) is 22.9 Å². The summed E-state index contributed by atoms with van der Waals surface area (Å²) < 4.78 is 15.0. The first-order valence-electron chi connectivity index (χ1n) is 7.03. The Kier molecular flexibility index (Phi) is 3.89. The number of aryl methyl sites for hydroxylation is 1. The van der Waals surface area contributed by atoms with Gasteiger partial charge >= 0.3 is 5.97 Å². The molecule has 0 spiro atoms. The summed E-state index contributed by atoms with van der Waals surface area (Å²) in [5.41, 5.74) is 2.59. The summed E-state index contributed by atoms with van der Waals surface area (Å²) in [6, 6.07) is 13.5. The van der Waals surface area contributed by atoms with E-state index in [9.17, 15) is 14.3 Å². The Bertz CT molecular complexity index is 874. The van der Waals surface area contributed by atoms with Crippen LogP contribution in [0.2, 0.25) is 0 Å². The Hall–Kier alpha value is -3.02. The normalized spacial score (nSPS) is 10.7. The third kappa shape index (κ3) is 2.96. The van der Waals surface area contributed by atoms with Gasteiger partial charge in [0.25, 0.3) is 0 Å². The lowest BCUT2D eigenvalue weighted by Gasteiger charge is -2.09. The second-order valence-electron chi connectivity index (χ2n) is 5.19. The molecule has 0 amide bonds. The molecule has 0 atom stereocenters. The van der Waals surface area contributed by atoms with Crippen molar-refractivity contribution in [3.8, 4) is 11.3 Å². The lowest BCUT2D eigenvalue weighted by molar-refractivity contribution is 0.0691. The van der Waals surface area contributed by atoms with Gasteiger partial charge in [0.1, 0.15) is 11.5 Å². The van der Waals surface area contributed by atoms with E-state index in [1.807, 2.05) is 31.2 Å². The molecule has 0 unspecified atom stereocenters. The van der Waals surface area contributed by atoms with Crippen LogP contribution in [0.5, 0.6) is 0 Å². The highest BCUT2D eigenvalue weighted by atomic mass is 19.1. The van der Waals surface area contributed by atoms with E-state index in [4.69, 9.17) is 0 Å². The Balaban J connectivity index is 2.11. The molecule has 1 aromatic heterocycles. The zero-order chi connectivity index (χ0) is 16.4. The van der Waals surface area contributed by atoms with Gasteiger partial charge in [-0.1, -0.05) is 41.6 Å². The molecule has 2 aromatic carbocycles. The fourth-order valence-corrected chi connectivity index (χ4v) is 2.44. The smallest absolute Gasteiger partial charge is 0.358 e. The van der Waals surface area contributed by atoms with Gasteiger partial charge in [-0.25, -0.2) is 13.9 Å². The number of carbonyl (C=O) groups is 1. The Morgan fingerprint density at radius 3 is 2.70 bits per heavy atom. The maximum absolute atomic E-state index is 13.5. The number of aromatic carboxylic acids is 1. The molecule has 0 saturated heterocycles. The van der Waals surface area contributed by atoms with Gasteiger partial charge in [-0.15, -0.1) is 5.10 Å². The summed E-state index contributed by atoms with van der Waals surface area (Å²) in [6.45, 7) is 2.32. The Labute approximate surface area is 132 Å². The number of aromatic nitrogens is 3. The minimum absolute atomic E-state index is 0.191. The largest absolute Gasteiger partial charge is 0.476 e. The van der Waals surface area contributed by atoms with Crippen LogP contribution < -0.4 is 0 Å². The molecule has 6 heteroatoms. The van der Waals surface area contributed by atoms with Gasteiger partial charge in [0.2, 0.25) is 0 Å². The monoisotopic (exact) mass is 311 g/mol. The molecule has 0 fully saturated rings. The van der Waals surface area contributed by atoms with Crippen molar-refractivity contribution in [2.75, 3.05) is 0 Å². The summed E-state index contributed by atoms with van der Waals surface area (Å²) in [5, 5.41) is 17.0. The number of hydrogen-bond acceptors (Lipinski definition) is 3. The predicted molar refractivity (Wildman–Crippen MR) is 82.7 cm³/mol. The van der Waals surface area contributed by atoms with Gasteiger partial charge in [-0.3, -0.25) is 0 Å². The topological polar surface area (TPSA) is 68.0 Å². The standard InChI is InChI=1S/C17H14FN3O2/c1-11-5-2-3-6-13(11)10-21-16(15(17(22)23)19-20-21)12-7-4-8-14(18)9-12/h2-9H,10H2,1H3,(H,22,23). The summed E-state index contributed by atoms with van der Waals surface area (Å²) >= 11 is 0. The van der Waals surface area contributed by atoms with Crippen molar-refractivity contribution >= 4 is 5.97 Å². The quantitative estimate of drug-likeness (QED) is 0.803. The van der Waals surface area contributed by atoms with Crippen LogP contribution in [0.15, 0.2) is 48.5 Å². The number of hydrogen-bond donors (Lipinski definition) is 1. The van der Waals surface area contributed by atoms with Crippen LogP contribution in [0.3, 0.4) is 0 Å². The average Bonchev–Trinajstić information content (AvgIpc) is 2.93. The van der Waals surface area contributed by atoms with Gasteiger partial charge in [-0.05, 0) is 30.2 Å². The van der Waals surface area contributed by atoms with Crippen molar-refractivity contribution in [1.29, 1.82) is 0 Å². The van der Waals surface area contributed by atoms with Crippen LogP contribution in [0.25, 0.3) is 11.3 Å². The van der Waals surface area contributed by atoms with Gasteiger partial charge in [0, 0.05) is 5.56 Å². The molecular weight excluding hydrogens is 297 g/mol. The summed E-state index contributed by atoms with van der Waals surface area (Å²) in [7, 11) is 0. The summed E-state index contributed by atoms with van der Waals surface area (Å²) in [6.07, 6.45) is 0. The molecule has 0 saturated carbocycles. The maximum Gasteiger partial charge on any atom is 0.358 e. The lowest BCUT2D eigenvalue weighted by Crippen LogP contribution is -2.07. The Morgan fingerprint density at radius 1 is 1.22 bits per heavy atom. The third-order valence-corrected chi connectivity index (χ3v) is 3.62. The van der Waals surface area contributed by atoms with E-state index >= 15 is 0 Å². The van der Waals surface area contributed by atoms with Crippen LogP contribution in [0.4, 0.5) is 4.39 Å². The minimum atomic E-state index is -1.19. The molecule has 1 N–H and O–H groups in total. The number of nitrogens with zero attached hydrogens (tertiary/aromatic N) is 3. The van der Waals surface area contributed by atoms with Crippen molar-refractivity contribution in [2.45, 2.75) is 13.5 Å². The average molecular weight is 311 g/mol. The zero-order valence-corrected chi connectivity index (χ0v) is 12.4. The molecule has 1 heterocycles. The van der Waals surface area contributed by atoms with Gasteiger partial charge in [-0.2, -0.15) is 0 Å². The zero-order valence-electron chi connectivity index (χ0n) is 12.4. The molecule has 0 radical (unpaired) electrons. The maximum atomic E-state index is 13.5. The molecule has 0 aliphatic rings. The second-order valence-corrected chi connectivity index (χ2v) is 5.19. The van der Waals surface area contributed by atoms with Crippen molar-refractivity contribution in [3.63, 3.8) is 0 Å². The SMILES string of the molecule is Cc1ccccc1Cn1nnc(C(=O)O)c1-c1cccc(F)c1. The highest BCUT2D eigenvalue weighted by Crippen LogP contribution is 2.24. The van der Waals surface area contributed by atoms with E-state index in [0.29, 0.717) is 17.8 Å². The molecule has 0 aliphatic carbocycles. The molecular formula is C17H14FN3O2. The van der Waals surface area contributed by atoms with E-state index in [-0.39, 0.29) is 5.69 Å². The second kappa shape index (κ2) is 6.00. The number of benzene rings is 2. The lowest BCUT2D eigenvalue weighted by atomic mass is 10.1. The van der Waals surface area contributed by atoms with Crippen molar-refractivity contribution in [2.24, 2.45) is 0 Å². The van der Waals surface area contributed by atoms with Crippen LogP contribution >= 0.6 is 0 Å². The molecule has 3 rings (SSSR count). The summed E-state index contributed by atoms with van der Waals surface area (Å²) in [5.74, 6) is -1.64. The first-order valence-corrected chi connectivity index (χ1v) is 7.03. The molecule has 23 heavy (non-hydrogen) atoms. The fourth-order valence-electron chi connectivity index (χ4n) is 2.44. The number of halogens is 1. The minimum Gasteiger partial charge on any atom is -0.476 e. The van der Waals surface area contributed by atoms with Crippen molar-refractivity contribution in [3.05, 3.63) is 71.2 Å². The molecule has 116 valence electrons. The highest BCUT2D eigenvalue weighted by molar-refractivity contribution is 5.92. The first kappa shape index (κ1) is 14.9. The summed E-state index contributed by atoms with van der Waals surface area (Å²) in [4.78, 5) is 11.4. The van der Waals surface area contributed by atoms with Crippen LogP contribution in [-0.4, -0.2) is 26.1 Å². The van der Waals surface area contributed by atoms with E-state index in [0.717, 1.165) is 11.1 Å². The van der Waals surface area contributed by atoms with Gasteiger partial charge in [0.15, 0.2) is 5.69 Å². The first-order chi connectivity index (χ1) is 11.1. The van der Waals surface area contributed by atoms with Crippen LogP contribution in [0.1, 0.15) is 21.6 Å².